The lowest BCUT2D eigenvalue weighted by atomic mass is 10.0. The molecule has 0 spiro atoms. The number of halogens is 4. The average molecular weight is 522 g/mol. The van der Waals surface area contributed by atoms with Crippen molar-refractivity contribution in [1.82, 2.24) is 15.1 Å². The maximum Gasteiger partial charge on any atom is 0.401 e. The summed E-state index contributed by atoms with van der Waals surface area (Å²) in [6, 6.07) is 14.1. The molecule has 1 amide bonds. The maximum atomic E-state index is 14.7. The highest BCUT2D eigenvalue weighted by Crippen LogP contribution is 2.59. The first-order valence-corrected chi connectivity index (χ1v) is 11.4. The van der Waals surface area contributed by atoms with Gasteiger partial charge in [-0.3, -0.25) is 4.79 Å². The predicted molar refractivity (Wildman–Crippen MR) is 128 cm³/mol. The normalized spacial score (nSPS) is 14.0. The Labute approximate surface area is 213 Å². The van der Waals surface area contributed by atoms with Gasteiger partial charge in [0.2, 0.25) is 11.9 Å². The molecule has 1 aliphatic carbocycles. The molecular weight excluding hydrogens is 504 g/mol. The fourth-order valence-corrected chi connectivity index (χ4v) is 3.88. The first kappa shape index (κ1) is 24.9. The summed E-state index contributed by atoms with van der Waals surface area (Å²) in [5.74, 6) is -1.51. The van der Waals surface area contributed by atoms with Crippen molar-refractivity contribution in [3.8, 4) is 17.2 Å². The van der Waals surface area contributed by atoms with Crippen LogP contribution in [0.3, 0.4) is 0 Å². The third kappa shape index (κ3) is 5.04. The number of aromatic nitrogens is 3. The molecular formula is C26H18F4N6O2. The molecule has 0 radical (unpaired) electrons. The largest absolute Gasteiger partial charge is 0.401 e. The molecule has 4 aromatic rings. The highest BCUT2D eigenvalue weighted by atomic mass is 19.4. The van der Waals surface area contributed by atoms with Gasteiger partial charge in [0.05, 0.1) is 18.1 Å². The number of benzene rings is 2. The molecule has 1 fully saturated rings. The summed E-state index contributed by atoms with van der Waals surface area (Å²) in [6.07, 6.45) is -2.00. The predicted octanol–water partition coefficient (Wildman–Crippen LogP) is 5.66. The number of nitrogens with zero attached hydrogens (tertiary/aromatic N) is 4. The Bertz CT molecular complexity index is 1520. The maximum absolute atomic E-state index is 14.7. The molecule has 2 N–H and O–H groups in total. The highest BCUT2D eigenvalue weighted by Gasteiger charge is 2.66. The molecule has 0 atom stereocenters. The van der Waals surface area contributed by atoms with Crippen LogP contribution in [0.5, 0.6) is 0 Å². The molecule has 12 heteroatoms. The number of nitriles is 1. The monoisotopic (exact) mass is 522 g/mol. The SMILES string of the molecule is N#Cc1ccc(Nc2ncc(-c3ccc(CC(=O)Nc4cc(C5(C(F)(F)F)CC5)on4)c(F)c3)cn2)cc1. The van der Waals surface area contributed by atoms with E-state index in [4.69, 9.17) is 9.78 Å². The number of rotatable bonds is 7. The van der Waals surface area contributed by atoms with Crippen molar-refractivity contribution in [1.29, 1.82) is 5.26 Å². The van der Waals surface area contributed by atoms with E-state index in [0.29, 0.717) is 28.3 Å². The molecule has 2 aromatic heterocycles. The van der Waals surface area contributed by atoms with E-state index in [-0.39, 0.29) is 36.4 Å². The number of alkyl halides is 3. The van der Waals surface area contributed by atoms with Crippen molar-refractivity contribution in [3.05, 3.63) is 83.6 Å². The Kier molecular flexibility index (Phi) is 6.28. The molecule has 192 valence electrons. The van der Waals surface area contributed by atoms with Gasteiger partial charge in [-0.05, 0) is 54.3 Å². The molecule has 0 bridgehead atoms. The zero-order chi connectivity index (χ0) is 26.9. The number of hydrogen-bond donors (Lipinski definition) is 2. The third-order valence-electron chi connectivity index (χ3n) is 6.20. The molecule has 2 heterocycles. The fraction of sp³-hybridized carbons (Fsp3) is 0.192. The minimum atomic E-state index is -4.47. The first-order chi connectivity index (χ1) is 18.2. The molecule has 0 saturated heterocycles. The first-order valence-electron chi connectivity index (χ1n) is 11.4. The van der Waals surface area contributed by atoms with Crippen LogP contribution in [0, 0.1) is 17.1 Å². The summed E-state index contributed by atoms with van der Waals surface area (Å²) in [5, 5.41) is 17.7. The lowest BCUT2D eigenvalue weighted by molar-refractivity contribution is -0.165. The van der Waals surface area contributed by atoms with Gasteiger partial charge in [0.15, 0.2) is 11.6 Å². The van der Waals surface area contributed by atoms with Crippen molar-refractivity contribution < 1.29 is 26.9 Å². The van der Waals surface area contributed by atoms with Gasteiger partial charge < -0.3 is 15.2 Å². The van der Waals surface area contributed by atoms with E-state index < -0.39 is 23.3 Å². The van der Waals surface area contributed by atoms with Gasteiger partial charge in [0.1, 0.15) is 11.2 Å². The second kappa shape index (κ2) is 9.59. The van der Waals surface area contributed by atoms with Gasteiger partial charge >= 0.3 is 6.18 Å². The van der Waals surface area contributed by atoms with Crippen LogP contribution in [0.1, 0.15) is 29.7 Å². The smallest absolute Gasteiger partial charge is 0.358 e. The standard InChI is InChI=1S/C26H18F4N6O2/c27-20-9-16(18-13-32-24(33-14-18)34-19-5-1-15(12-31)2-6-19)3-4-17(20)10-23(37)35-22-11-21(38-36-22)25(7-8-25)26(28,29)30/h1-6,9,11,13-14H,7-8,10H2,(H,32,33,34)(H,35,36,37). The number of hydrogen-bond acceptors (Lipinski definition) is 7. The molecule has 1 aliphatic rings. The Morgan fingerprint density at radius 3 is 2.37 bits per heavy atom. The van der Waals surface area contributed by atoms with Crippen molar-refractivity contribution in [2.24, 2.45) is 0 Å². The second-order valence-corrected chi connectivity index (χ2v) is 8.80. The van der Waals surface area contributed by atoms with E-state index in [2.05, 4.69) is 25.8 Å². The van der Waals surface area contributed by atoms with E-state index in [1.807, 2.05) is 6.07 Å². The Morgan fingerprint density at radius 1 is 1.05 bits per heavy atom. The zero-order valence-corrected chi connectivity index (χ0v) is 19.5. The summed E-state index contributed by atoms with van der Waals surface area (Å²) < 4.78 is 59.3. The van der Waals surface area contributed by atoms with Crippen molar-refractivity contribution in [2.75, 3.05) is 10.6 Å². The topological polar surface area (TPSA) is 117 Å². The van der Waals surface area contributed by atoms with Gasteiger partial charge in [-0.1, -0.05) is 17.3 Å². The van der Waals surface area contributed by atoms with E-state index >= 15 is 0 Å². The van der Waals surface area contributed by atoms with Crippen molar-refractivity contribution in [3.63, 3.8) is 0 Å². The number of carbonyl (C=O) groups is 1. The molecule has 0 aliphatic heterocycles. The van der Waals surface area contributed by atoms with Crippen LogP contribution < -0.4 is 10.6 Å². The average Bonchev–Trinajstić information content (AvgIpc) is 3.60. The summed E-state index contributed by atoms with van der Waals surface area (Å²) in [7, 11) is 0. The van der Waals surface area contributed by atoms with Gasteiger partial charge in [-0.15, -0.1) is 0 Å². The van der Waals surface area contributed by atoms with E-state index in [1.165, 1.54) is 24.5 Å². The second-order valence-electron chi connectivity index (χ2n) is 8.80. The van der Waals surface area contributed by atoms with E-state index in [0.717, 1.165) is 6.07 Å². The summed E-state index contributed by atoms with van der Waals surface area (Å²) in [5.41, 5.74) is 0.281. The van der Waals surface area contributed by atoms with Crippen LogP contribution in [0.15, 0.2) is 65.4 Å². The lowest BCUT2D eigenvalue weighted by Gasteiger charge is -2.14. The number of carbonyl (C=O) groups excluding carboxylic acids is 1. The molecule has 8 nitrogen and oxygen atoms in total. The zero-order valence-electron chi connectivity index (χ0n) is 19.5. The van der Waals surface area contributed by atoms with Crippen LogP contribution >= 0.6 is 0 Å². The van der Waals surface area contributed by atoms with Crippen molar-refractivity contribution >= 4 is 23.4 Å². The Morgan fingerprint density at radius 2 is 1.76 bits per heavy atom. The molecule has 0 unspecified atom stereocenters. The minimum Gasteiger partial charge on any atom is -0.358 e. The molecule has 38 heavy (non-hydrogen) atoms. The lowest BCUT2D eigenvalue weighted by Crippen LogP contribution is -2.28. The highest BCUT2D eigenvalue weighted by molar-refractivity contribution is 5.91. The minimum absolute atomic E-state index is 0.0870. The summed E-state index contributed by atoms with van der Waals surface area (Å²) >= 11 is 0. The Hall–Kier alpha value is -4.79. The van der Waals surface area contributed by atoms with Crippen molar-refractivity contribution in [2.45, 2.75) is 30.9 Å². The van der Waals surface area contributed by atoms with Gasteiger partial charge in [0, 0.05) is 29.7 Å². The number of anilines is 3. The summed E-state index contributed by atoms with van der Waals surface area (Å²) in [4.78, 5) is 20.8. The third-order valence-corrected chi connectivity index (χ3v) is 6.20. The molecule has 2 aromatic carbocycles. The summed E-state index contributed by atoms with van der Waals surface area (Å²) in [6.45, 7) is 0. The van der Waals surface area contributed by atoms with Gasteiger partial charge in [-0.2, -0.15) is 18.4 Å². The Balaban J connectivity index is 1.21. The molecule has 1 saturated carbocycles. The van der Waals surface area contributed by atoms with Crippen LogP contribution in [-0.4, -0.2) is 27.2 Å². The van der Waals surface area contributed by atoms with Crippen LogP contribution in [0.2, 0.25) is 0 Å². The van der Waals surface area contributed by atoms with E-state index in [1.54, 1.807) is 30.3 Å². The van der Waals surface area contributed by atoms with Gasteiger partial charge in [0.25, 0.3) is 0 Å². The van der Waals surface area contributed by atoms with E-state index in [9.17, 15) is 22.4 Å². The number of nitrogens with one attached hydrogen (secondary N) is 2. The van der Waals surface area contributed by atoms with Crippen LogP contribution in [-0.2, 0) is 16.6 Å². The van der Waals surface area contributed by atoms with Crippen LogP contribution in [0.25, 0.3) is 11.1 Å². The quantitative estimate of drug-likeness (QED) is 0.301. The number of amides is 1. The van der Waals surface area contributed by atoms with Crippen LogP contribution in [0.4, 0.5) is 35.0 Å². The van der Waals surface area contributed by atoms with Gasteiger partial charge in [-0.25, -0.2) is 14.4 Å². The molecule has 5 rings (SSSR count). The fourth-order valence-electron chi connectivity index (χ4n) is 3.88.